The number of allylic oxidation sites excluding steroid dienone is 2. The zero-order valence-electron chi connectivity index (χ0n) is 16.2. The summed E-state index contributed by atoms with van der Waals surface area (Å²) < 4.78 is 0. The van der Waals surface area contributed by atoms with Crippen molar-refractivity contribution >= 4 is 17.3 Å². The maximum atomic E-state index is 12.9. The van der Waals surface area contributed by atoms with Crippen molar-refractivity contribution in [1.82, 2.24) is 5.32 Å². The minimum atomic E-state index is 0.0201. The van der Waals surface area contributed by atoms with Gasteiger partial charge in [-0.05, 0) is 49.9 Å². The number of nitrogens with one attached hydrogen (secondary N) is 2. The van der Waals surface area contributed by atoms with Gasteiger partial charge in [-0.2, -0.15) is 0 Å². The number of benzene rings is 2. The molecule has 0 atom stereocenters. The summed E-state index contributed by atoms with van der Waals surface area (Å²) in [6.45, 7) is 1.47. The highest BCUT2D eigenvalue weighted by Crippen LogP contribution is 2.33. The average molecular weight is 374 g/mol. The lowest BCUT2D eigenvalue weighted by molar-refractivity contribution is -0.116. The molecule has 0 bridgehead atoms. The van der Waals surface area contributed by atoms with E-state index in [9.17, 15) is 4.79 Å². The van der Waals surface area contributed by atoms with Crippen LogP contribution in [0.2, 0.25) is 0 Å². The highest BCUT2D eigenvalue weighted by atomic mass is 16.2. The molecule has 4 nitrogen and oxygen atoms in total. The number of fused-ring (bicyclic) bond motifs is 1. The Hall–Kier alpha value is -3.01. The van der Waals surface area contributed by atoms with Gasteiger partial charge in [0.25, 0.3) is 5.91 Å². The summed E-state index contributed by atoms with van der Waals surface area (Å²) in [6.07, 6.45) is 7.74. The lowest BCUT2D eigenvalue weighted by atomic mass is 9.98. The molecule has 0 saturated carbocycles. The Morgan fingerprint density at radius 3 is 2.46 bits per heavy atom. The highest BCUT2D eigenvalue weighted by molar-refractivity contribution is 6.03. The van der Waals surface area contributed by atoms with Crippen molar-refractivity contribution in [1.29, 1.82) is 0 Å². The first kappa shape index (κ1) is 18.4. The number of rotatable bonds is 6. The number of hydrogen-bond donors (Lipinski definition) is 2. The van der Waals surface area contributed by atoms with Crippen molar-refractivity contribution in [3.8, 4) is 0 Å². The van der Waals surface area contributed by atoms with Crippen LogP contribution in [0.25, 0.3) is 0 Å². The number of hydrogen-bond acceptors (Lipinski definition) is 3. The van der Waals surface area contributed by atoms with Crippen LogP contribution in [-0.4, -0.2) is 19.0 Å². The highest BCUT2D eigenvalue weighted by Gasteiger charge is 2.31. The zero-order valence-corrected chi connectivity index (χ0v) is 16.2. The van der Waals surface area contributed by atoms with Gasteiger partial charge in [0, 0.05) is 35.7 Å². The molecule has 2 aliphatic rings. The van der Waals surface area contributed by atoms with Crippen molar-refractivity contribution in [3.05, 3.63) is 83.7 Å². The first-order valence-corrected chi connectivity index (χ1v) is 10.2. The molecule has 1 aliphatic heterocycles. The molecule has 0 unspecified atom stereocenters. The second-order valence-electron chi connectivity index (χ2n) is 7.28. The Kier molecular flexibility index (Phi) is 5.76. The van der Waals surface area contributed by atoms with E-state index < -0.39 is 0 Å². The Morgan fingerprint density at radius 1 is 0.929 bits per heavy atom. The van der Waals surface area contributed by atoms with Crippen molar-refractivity contribution in [3.63, 3.8) is 0 Å². The fourth-order valence-corrected chi connectivity index (χ4v) is 3.95. The molecule has 0 fully saturated rings. The zero-order chi connectivity index (χ0) is 19.2. The molecule has 0 saturated heterocycles. The molecule has 0 spiro atoms. The van der Waals surface area contributed by atoms with Crippen LogP contribution in [0.15, 0.2) is 83.7 Å². The molecule has 1 aliphatic carbocycles. The van der Waals surface area contributed by atoms with Gasteiger partial charge in [0.1, 0.15) is 5.70 Å². The first-order valence-electron chi connectivity index (χ1n) is 10.2. The van der Waals surface area contributed by atoms with Crippen molar-refractivity contribution in [2.45, 2.75) is 32.1 Å². The van der Waals surface area contributed by atoms with E-state index in [1.165, 1.54) is 18.4 Å². The van der Waals surface area contributed by atoms with Crippen LogP contribution in [0.4, 0.5) is 11.4 Å². The minimum Gasteiger partial charge on any atom is -0.383 e. The quantitative estimate of drug-likeness (QED) is 0.762. The van der Waals surface area contributed by atoms with E-state index in [1.807, 2.05) is 36.4 Å². The van der Waals surface area contributed by atoms with E-state index in [4.69, 9.17) is 0 Å². The van der Waals surface area contributed by atoms with Gasteiger partial charge in [-0.25, -0.2) is 0 Å². The number of carbonyl (C=O) groups excluding carboxylic acids is 1. The Bertz CT molecular complexity index is 871. The molecule has 144 valence electrons. The normalized spacial score (nSPS) is 18.4. The van der Waals surface area contributed by atoms with Crippen molar-refractivity contribution in [2.75, 3.05) is 23.3 Å². The van der Waals surface area contributed by atoms with Crippen LogP contribution in [0.1, 0.15) is 32.1 Å². The van der Waals surface area contributed by atoms with Gasteiger partial charge in [0.15, 0.2) is 0 Å². The van der Waals surface area contributed by atoms with Gasteiger partial charge in [-0.15, -0.1) is 0 Å². The molecule has 0 radical (unpaired) electrons. The fraction of sp³-hybridized carbons (Fsp3) is 0.292. The third-order valence-corrected chi connectivity index (χ3v) is 5.33. The number of carbonyl (C=O) groups is 1. The van der Waals surface area contributed by atoms with E-state index in [0.29, 0.717) is 0 Å². The number of amides is 1. The van der Waals surface area contributed by atoms with Gasteiger partial charge >= 0.3 is 0 Å². The standard InChI is InChI=1S/C24H27N3O/c28-24-23(21-15-9-1-2-10-16-22(21)26-24)27(20-13-7-4-8-14-20)18-17-25-19-11-5-3-6-12-19/h3-8,11-14,16,25H,1-2,9-10,15,17-18H2,(H,26,28)/b22-16+. The second-order valence-corrected chi connectivity index (χ2v) is 7.28. The Balaban J connectivity index is 1.62. The Morgan fingerprint density at radius 2 is 1.68 bits per heavy atom. The van der Waals surface area contributed by atoms with E-state index in [2.05, 4.69) is 45.9 Å². The molecule has 1 amide bonds. The lowest BCUT2D eigenvalue weighted by Crippen LogP contribution is -2.33. The molecule has 4 heteroatoms. The summed E-state index contributed by atoms with van der Waals surface area (Å²) in [5.74, 6) is 0.0201. The molecule has 4 rings (SSSR count). The lowest BCUT2D eigenvalue weighted by Gasteiger charge is -2.26. The maximum absolute atomic E-state index is 12.9. The van der Waals surface area contributed by atoms with Gasteiger partial charge in [-0.1, -0.05) is 48.9 Å². The second kappa shape index (κ2) is 8.79. The molecular formula is C24H27N3O. The van der Waals surface area contributed by atoms with Crippen molar-refractivity contribution in [2.24, 2.45) is 0 Å². The summed E-state index contributed by atoms with van der Waals surface area (Å²) in [4.78, 5) is 15.1. The van der Waals surface area contributed by atoms with E-state index in [1.54, 1.807) is 0 Å². The van der Waals surface area contributed by atoms with Crippen LogP contribution in [0.3, 0.4) is 0 Å². The smallest absolute Gasteiger partial charge is 0.272 e. The van der Waals surface area contributed by atoms with Crippen LogP contribution < -0.4 is 15.5 Å². The molecular weight excluding hydrogens is 346 g/mol. The third-order valence-electron chi connectivity index (χ3n) is 5.33. The Labute approximate surface area is 166 Å². The topological polar surface area (TPSA) is 44.4 Å². The summed E-state index contributed by atoms with van der Waals surface area (Å²) in [7, 11) is 0. The summed E-state index contributed by atoms with van der Waals surface area (Å²) >= 11 is 0. The summed E-state index contributed by atoms with van der Waals surface area (Å²) in [5.41, 5.74) is 5.16. The van der Waals surface area contributed by atoms with Gasteiger partial charge < -0.3 is 15.5 Å². The van der Waals surface area contributed by atoms with Crippen LogP contribution in [0, 0.1) is 0 Å². The average Bonchev–Trinajstić information content (AvgIpc) is 3.01. The first-order chi connectivity index (χ1) is 13.8. The van der Waals surface area contributed by atoms with Crippen LogP contribution >= 0.6 is 0 Å². The van der Waals surface area contributed by atoms with E-state index >= 15 is 0 Å². The summed E-state index contributed by atoms with van der Waals surface area (Å²) in [6, 6.07) is 20.4. The number of nitrogens with zero attached hydrogens (tertiary/aromatic N) is 1. The molecule has 0 aromatic heterocycles. The molecule has 2 aromatic carbocycles. The van der Waals surface area contributed by atoms with Crippen LogP contribution in [-0.2, 0) is 4.79 Å². The minimum absolute atomic E-state index is 0.0201. The van der Waals surface area contributed by atoms with E-state index in [0.717, 1.165) is 55.1 Å². The van der Waals surface area contributed by atoms with Gasteiger partial charge in [0.2, 0.25) is 0 Å². The molecule has 1 heterocycles. The largest absolute Gasteiger partial charge is 0.383 e. The maximum Gasteiger partial charge on any atom is 0.272 e. The van der Waals surface area contributed by atoms with Crippen molar-refractivity contribution < 1.29 is 4.79 Å². The van der Waals surface area contributed by atoms with Crippen LogP contribution in [0.5, 0.6) is 0 Å². The van der Waals surface area contributed by atoms with E-state index in [-0.39, 0.29) is 5.91 Å². The van der Waals surface area contributed by atoms with Gasteiger partial charge in [-0.3, -0.25) is 4.79 Å². The third kappa shape index (κ3) is 4.11. The fourth-order valence-electron chi connectivity index (χ4n) is 3.95. The predicted molar refractivity (Wildman–Crippen MR) is 115 cm³/mol. The molecule has 28 heavy (non-hydrogen) atoms. The SMILES string of the molecule is O=C1N/C2=C/CCCCCC2=C1N(CCNc1ccccc1)c1ccccc1. The van der Waals surface area contributed by atoms with Gasteiger partial charge in [0.05, 0.1) is 0 Å². The number of anilines is 2. The summed E-state index contributed by atoms with van der Waals surface area (Å²) in [5, 5.41) is 6.59. The number of para-hydroxylation sites is 2. The predicted octanol–water partition coefficient (Wildman–Crippen LogP) is 4.84. The molecule has 2 aromatic rings. The molecule has 2 N–H and O–H groups in total. The monoisotopic (exact) mass is 373 g/mol.